The smallest absolute Gasteiger partial charge is 0.228 e. The van der Waals surface area contributed by atoms with Crippen molar-refractivity contribution in [3.8, 4) is 0 Å². The lowest BCUT2D eigenvalue weighted by atomic mass is 10.1. The van der Waals surface area contributed by atoms with E-state index in [1.54, 1.807) is 12.1 Å². The van der Waals surface area contributed by atoms with Crippen LogP contribution in [0.1, 0.15) is 19.4 Å². The van der Waals surface area contributed by atoms with Gasteiger partial charge >= 0.3 is 0 Å². The minimum Gasteiger partial charge on any atom is -0.385 e. The summed E-state index contributed by atoms with van der Waals surface area (Å²) in [5.74, 6) is 0.0880. The third kappa shape index (κ3) is 5.20. The molecule has 2 N–H and O–H groups in total. The maximum atomic E-state index is 13.1. The number of anilines is 2. The molecule has 2 aromatic carbocycles. The van der Waals surface area contributed by atoms with E-state index in [1.807, 2.05) is 24.3 Å². The highest BCUT2D eigenvalue weighted by atomic mass is 19.1. The maximum Gasteiger partial charge on any atom is 0.228 e. The number of hydrogen-bond donors (Lipinski definition) is 2. The molecule has 0 aliphatic rings. The van der Waals surface area contributed by atoms with Crippen LogP contribution in [0, 0.1) is 11.7 Å². The largest absolute Gasteiger partial charge is 0.385 e. The van der Waals surface area contributed by atoms with Crippen LogP contribution in [0.3, 0.4) is 0 Å². The highest BCUT2D eigenvalue weighted by Gasteiger charge is 2.05. The van der Waals surface area contributed by atoms with Crippen molar-refractivity contribution in [2.24, 2.45) is 5.92 Å². The number of rotatable bonds is 6. The summed E-state index contributed by atoms with van der Waals surface area (Å²) < 4.78 is 13.1. The van der Waals surface area contributed by atoms with E-state index in [2.05, 4.69) is 24.5 Å². The van der Waals surface area contributed by atoms with Crippen LogP contribution in [-0.4, -0.2) is 12.5 Å². The average molecular weight is 300 g/mol. The molecule has 2 rings (SSSR count). The first-order valence-electron chi connectivity index (χ1n) is 7.41. The Labute approximate surface area is 130 Å². The van der Waals surface area contributed by atoms with Crippen LogP contribution in [0.4, 0.5) is 15.8 Å². The van der Waals surface area contributed by atoms with E-state index in [0.717, 1.165) is 17.9 Å². The SMILES string of the molecule is CC(C)CNc1ccc(NC(=O)Cc2cccc(F)c2)cc1. The van der Waals surface area contributed by atoms with Gasteiger partial charge in [-0.2, -0.15) is 0 Å². The van der Waals surface area contributed by atoms with Gasteiger partial charge in [0.25, 0.3) is 0 Å². The fourth-order valence-electron chi connectivity index (χ4n) is 2.03. The summed E-state index contributed by atoms with van der Waals surface area (Å²) in [5, 5.41) is 6.13. The van der Waals surface area contributed by atoms with Crippen LogP contribution in [0.25, 0.3) is 0 Å². The predicted molar refractivity (Wildman–Crippen MR) is 88.5 cm³/mol. The maximum absolute atomic E-state index is 13.1. The van der Waals surface area contributed by atoms with E-state index >= 15 is 0 Å². The normalized spacial score (nSPS) is 10.5. The molecule has 0 heterocycles. The Hall–Kier alpha value is -2.36. The standard InChI is InChI=1S/C18H21FN2O/c1-13(2)12-20-16-6-8-17(9-7-16)21-18(22)11-14-4-3-5-15(19)10-14/h3-10,13,20H,11-12H2,1-2H3,(H,21,22). The van der Waals surface area contributed by atoms with Gasteiger partial charge in [-0.1, -0.05) is 26.0 Å². The molecular formula is C18H21FN2O. The van der Waals surface area contributed by atoms with E-state index in [-0.39, 0.29) is 18.1 Å². The predicted octanol–water partition coefficient (Wildman–Crippen LogP) is 4.07. The summed E-state index contributed by atoms with van der Waals surface area (Å²) in [4.78, 5) is 11.9. The fourth-order valence-corrected chi connectivity index (χ4v) is 2.03. The third-order valence-electron chi connectivity index (χ3n) is 3.14. The lowest BCUT2D eigenvalue weighted by molar-refractivity contribution is -0.115. The van der Waals surface area contributed by atoms with E-state index in [1.165, 1.54) is 12.1 Å². The lowest BCUT2D eigenvalue weighted by Crippen LogP contribution is -2.14. The van der Waals surface area contributed by atoms with Gasteiger partial charge in [-0.25, -0.2) is 4.39 Å². The summed E-state index contributed by atoms with van der Waals surface area (Å²) in [5.41, 5.74) is 2.42. The van der Waals surface area contributed by atoms with Crippen LogP contribution in [0.5, 0.6) is 0 Å². The first-order chi connectivity index (χ1) is 10.5. The zero-order valence-corrected chi connectivity index (χ0v) is 12.9. The van der Waals surface area contributed by atoms with Crippen molar-refractivity contribution < 1.29 is 9.18 Å². The Morgan fingerprint density at radius 1 is 1.09 bits per heavy atom. The Bertz CT molecular complexity index is 623. The van der Waals surface area contributed by atoms with E-state index in [9.17, 15) is 9.18 Å². The Balaban J connectivity index is 1.89. The molecule has 0 spiro atoms. The second kappa shape index (κ2) is 7.59. The zero-order chi connectivity index (χ0) is 15.9. The molecule has 1 amide bonds. The van der Waals surface area contributed by atoms with Crippen molar-refractivity contribution in [3.05, 3.63) is 59.9 Å². The van der Waals surface area contributed by atoms with Gasteiger partial charge in [0, 0.05) is 17.9 Å². The molecule has 0 bridgehead atoms. The Kier molecular flexibility index (Phi) is 5.53. The topological polar surface area (TPSA) is 41.1 Å². The van der Waals surface area contributed by atoms with Gasteiger partial charge in [-0.05, 0) is 47.9 Å². The van der Waals surface area contributed by atoms with Gasteiger partial charge in [0.05, 0.1) is 6.42 Å². The van der Waals surface area contributed by atoms with Gasteiger partial charge in [0.15, 0.2) is 0 Å². The van der Waals surface area contributed by atoms with Crippen LogP contribution < -0.4 is 10.6 Å². The molecule has 0 saturated heterocycles. The van der Waals surface area contributed by atoms with Crippen molar-refractivity contribution >= 4 is 17.3 Å². The number of carbonyl (C=O) groups is 1. The summed E-state index contributed by atoms with van der Waals surface area (Å²) in [6.45, 7) is 5.20. The highest BCUT2D eigenvalue weighted by Crippen LogP contribution is 2.14. The van der Waals surface area contributed by atoms with Gasteiger partial charge in [-0.3, -0.25) is 4.79 Å². The zero-order valence-electron chi connectivity index (χ0n) is 12.9. The molecule has 0 aromatic heterocycles. The number of carbonyl (C=O) groups excluding carboxylic acids is 1. The third-order valence-corrected chi connectivity index (χ3v) is 3.14. The molecule has 3 nitrogen and oxygen atoms in total. The van der Waals surface area contributed by atoms with Crippen molar-refractivity contribution in [1.82, 2.24) is 0 Å². The number of halogens is 1. The monoisotopic (exact) mass is 300 g/mol. The molecule has 0 fully saturated rings. The summed E-state index contributed by atoms with van der Waals surface area (Å²) >= 11 is 0. The fraction of sp³-hybridized carbons (Fsp3) is 0.278. The molecule has 0 aliphatic carbocycles. The van der Waals surface area contributed by atoms with Crippen molar-refractivity contribution in [1.29, 1.82) is 0 Å². The second-order valence-corrected chi connectivity index (χ2v) is 5.71. The van der Waals surface area contributed by atoms with E-state index in [4.69, 9.17) is 0 Å². The number of nitrogens with one attached hydrogen (secondary N) is 2. The summed E-state index contributed by atoms with van der Waals surface area (Å²) in [6.07, 6.45) is 0.158. The summed E-state index contributed by atoms with van der Waals surface area (Å²) in [7, 11) is 0. The minimum absolute atomic E-state index is 0.158. The Morgan fingerprint density at radius 3 is 2.41 bits per heavy atom. The van der Waals surface area contributed by atoms with Crippen LogP contribution in [0.2, 0.25) is 0 Å². The van der Waals surface area contributed by atoms with Crippen LogP contribution in [0.15, 0.2) is 48.5 Å². The number of hydrogen-bond acceptors (Lipinski definition) is 2. The molecule has 0 saturated carbocycles. The van der Waals surface area contributed by atoms with Crippen molar-refractivity contribution in [3.63, 3.8) is 0 Å². The van der Waals surface area contributed by atoms with E-state index in [0.29, 0.717) is 11.5 Å². The molecule has 116 valence electrons. The first kappa shape index (κ1) is 16.0. The minimum atomic E-state index is -0.328. The summed E-state index contributed by atoms with van der Waals surface area (Å²) in [6, 6.07) is 13.6. The van der Waals surface area contributed by atoms with Crippen LogP contribution >= 0.6 is 0 Å². The lowest BCUT2D eigenvalue weighted by Gasteiger charge is -2.10. The quantitative estimate of drug-likeness (QED) is 0.844. The molecule has 4 heteroatoms. The highest BCUT2D eigenvalue weighted by molar-refractivity contribution is 5.92. The first-order valence-corrected chi connectivity index (χ1v) is 7.41. The van der Waals surface area contributed by atoms with Crippen LogP contribution in [-0.2, 0) is 11.2 Å². The number of amides is 1. The molecule has 0 atom stereocenters. The van der Waals surface area contributed by atoms with Crippen molar-refractivity contribution in [2.75, 3.05) is 17.2 Å². The van der Waals surface area contributed by atoms with Gasteiger partial charge in [-0.15, -0.1) is 0 Å². The molecule has 0 radical (unpaired) electrons. The number of benzene rings is 2. The van der Waals surface area contributed by atoms with Gasteiger partial charge < -0.3 is 10.6 Å². The average Bonchev–Trinajstić information content (AvgIpc) is 2.46. The van der Waals surface area contributed by atoms with Gasteiger partial charge in [0.1, 0.15) is 5.82 Å². The van der Waals surface area contributed by atoms with Gasteiger partial charge in [0.2, 0.25) is 5.91 Å². The van der Waals surface area contributed by atoms with Crippen molar-refractivity contribution in [2.45, 2.75) is 20.3 Å². The molecule has 22 heavy (non-hydrogen) atoms. The molecule has 0 aliphatic heterocycles. The molecule has 0 unspecified atom stereocenters. The molecule has 2 aromatic rings. The Morgan fingerprint density at radius 2 is 1.77 bits per heavy atom. The van der Waals surface area contributed by atoms with E-state index < -0.39 is 0 Å². The second-order valence-electron chi connectivity index (χ2n) is 5.71. The molecular weight excluding hydrogens is 279 g/mol.